The molecule has 0 heterocycles. The van der Waals surface area contributed by atoms with E-state index in [0.717, 1.165) is 22.4 Å². The SMILES string of the molecule is CC(=O)N(CCNC(=O)Cc1ccc(F)cc1)c1c(C)cccc1C(C)C. The molecule has 0 aliphatic rings. The van der Waals surface area contributed by atoms with E-state index in [2.05, 4.69) is 19.2 Å². The lowest BCUT2D eigenvalue weighted by molar-refractivity contribution is -0.121. The number of amides is 2. The number of hydrogen-bond donors (Lipinski definition) is 1. The highest BCUT2D eigenvalue weighted by atomic mass is 19.1. The number of nitrogens with zero attached hydrogens (tertiary/aromatic N) is 1. The third kappa shape index (κ3) is 5.64. The van der Waals surface area contributed by atoms with Gasteiger partial charge in [-0.15, -0.1) is 0 Å². The third-order valence-electron chi connectivity index (χ3n) is 4.48. The van der Waals surface area contributed by atoms with Gasteiger partial charge >= 0.3 is 0 Å². The molecule has 0 fully saturated rings. The normalized spacial score (nSPS) is 10.7. The van der Waals surface area contributed by atoms with Crippen molar-refractivity contribution >= 4 is 17.5 Å². The Morgan fingerprint density at radius 3 is 2.37 bits per heavy atom. The highest BCUT2D eigenvalue weighted by molar-refractivity contribution is 5.93. The molecule has 2 aromatic rings. The number of carbonyl (C=O) groups excluding carboxylic acids is 2. The summed E-state index contributed by atoms with van der Waals surface area (Å²) in [5, 5.41) is 2.84. The van der Waals surface area contributed by atoms with Gasteiger partial charge in [0.1, 0.15) is 5.82 Å². The molecule has 2 amide bonds. The van der Waals surface area contributed by atoms with Crippen molar-refractivity contribution < 1.29 is 14.0 Å². The molecule has 0 atom stereocenters. The molecule has 27 heavy (non-hydrogen) atoms. The molecule has 0 bridgehead atoms. The van der Waals surface area contributed by atoms with E-state index in [1.807, 2.05) is 25.1 Å². The standard InChI is InChI=1S/C22H27FN2O2/c1-15(2)20-7-5-6-16(3)22(20)25(17(4)26)13-12-24-21(27)14-18-8-10-19(23)11-9-18/h5-11,15H,12-14H2,1-4H3,(H,24,27). The fourth-order valence-corrected chi connectivity index (χ4v) is 3.10. The molecule has 2 aromatic carbocycles. The summed E-state index contributed by atoms with van der Waals surface area (Å²) in [6, 6.07) is 11.9. The average molecular weight is 370 g/mol. The summed E-state index contributed by atoms with van der Waals surface area (Å²) in [7, 11) is 0. The molecular weight excluding hydrogens is 343 g/mol. The smallest absolute Gasteiger partial charge is 0.224 e. The number of benzene rings is 2. The van der Waals surface area contributed by atoms with Crippen LogP contribution in [-0.2, 0) is 16.0 Å². The lowest BCUT2D eigenvalue weighted by Crippen LogP contribution is -2.39. The second-order valence-electron chi connectivity index (χ2n) is 6.99. The zero-order valence-corrected chi connectivity index (χ0v) is 16.4. The van der Waals surface area contributed by atoms with Crippen LogP contribution in [0.4, 0.5) is 10.1 Å². The van der Waals surface area contributed by atoms with Gasteiger partial charge in [-0.1, -0.05) is 44.2 Å². The van der Waals surface area contributed by atoms with Gasteiger partial charge in [0, 0.05) is 20.0 Å². The molecule has 0 aliphatic carbocycles. The Balaban J connectivity index is 2.02. The highest BCUT2D eigenvalue weighted by Crippen LogP contribution is 2.30. The van der Waals surface area contributed by atoms with Crippen LogP contribution >= 0.6 is 0 Å². The van der Waals surface area contributed by atoms with Crippen molar-refractivity contribution in [1.29, 1.82) is 0 Å². The monoisotopic (exact) mass is 370 g/mol. The van der Waals surface area contributed by atoms with E-state index in [-0.39, 0.29) is 30.0 Å². The second kappa shape index (κ2) is 9.31. The van der Waals surface area contributed by atoms with Crippen LogP contribution in [0.5, 0.6) is 0 Å². The fraction of sp³-hybridized carbons (Fsp3) is 0.364. The molecule has 0 radical (unpaired) electrons. The van der Waals surface area contributed by atoms with E-state index in [4.69, 9.17) is 0 Å². The summed E-state index contributed by atoms with van der Waals surface area (Å²) in [5.74, 6) is -0.247. The van der Waals surface area contributed by atoms with Gasteiger partial charge in [-0.05, 0) is 41.7 Å². The molecule has 5 heteroatoms. The van der Waals surface area contributed by atoms with Crippen LogP contribution in [0.25, 0.3) is 0 Å². The van der Waals surface area contributed by atoms with Crippen molar-refractivity contribution in [3.63, 3.8) is 0 Å². The van der Waals surface area contributed by atoms with Gasteiger partial charge in [0.15, 0.2) is 0 Å². The molecule has 0 saturated heterocycles. The fourth-order valence-electron chi connectivity index (χ4n) is 3.10. The predicted octanol–water partition coefficient (Wildman–Crippen LogP) is 3.97. The maximum Gasteiger partial charge on any atom is 0.224 e. The van der Waals surface area contributed by atoms with E-state index in [1.54, 1.807) is 17.0 Å². The summed E-state index contributed by atoms with van der Waals surface area (Å²) in [5.41, 5.74) is 3.82. The summed E-state index contributed by atoms with van der Waals surface area (Å²) in [4.78, 5) is 26.1. The lowest BCUT2D eigenvalue weighted by Gasteiger charge is -2.27. The molecule has 2 rings (SSSR count). The van der Waals surface area contributed by atoms with Gasteiger partial charge < -0.3 is 10.2 Å². The molecule has 0 aromatic heterocycles. The number of anilines is 1. The number of halogens is 1. The van der Waals surface area contributed by atoms with E-state index < -0.39 is 0 Å². The predicted molar refractivity (Wildman–Crippen MR) is 106 cm³/mol. The molecule has 0 spiro atoms. The van der Waals surface area contributed by atoms with Gasteiger partial charge in [0.05, 0.1) is 12.1 Å². The topological polar surface area (TPSA) is 49.4 Å². The minimum Gasteiger partial charge on any atom is -0.354 e. The van der Waals surface area contributed by atoms with Crippen molar-refractivity contribution in [2.75, 3.05) is 18.0 Å². The number of para-hydroxylation sites is 1. The number of nitrogens with one attached hydrogen (secondary N) is 1. The first-order valence-corrected chi connectivity index (χ1v) is 9.18. The van der Waals surface area contributed by atoms with Gasteiger partial charge in [0.2, 0.25) is 11.8 Å². The van der Waals surface area contributed by atoms with Crippen molar-refractivity contribution in [1.82, 2.24) is 5.32 Å². The quantitative estimate of drug-likeness (QED) is 0.802. The number of rotatable bonds is 7. The summed E-state index contributed by atoms with van der Waals surface area (Å²) in [6.07, 6.45) is 0.183. The molecule has 1 N–H and O–H groups in total. The minimum atomic E-state index is -0.324. The van der Waals surface area contributed by atoms with Crippen molar-refractivity contribution in [3.05, 3.63) is 65.0 Å². The molecular formula is C22H27FN2O2. The lowest BCUT2D eigenvalue weighted by atomic mass is 9.97. The summed E-state index contributed by atoms with van der Waals surface area (Å²) < 4.78 is 12.9. The number of carbonyl (C=O) groups is 2. The van der Waals surface area contributed by atoms with E-state index in [1.165, 1.54) is 19.1 Å². The summed E-state index contributed by atoms with van der Waals surface area (Å²) in [6.45, 7) is 8.48. The van der Waals surface area contributed by atoms with Crippen LogP contribution in [0, 0.1) is 12.7 Å². The number of aryl methyl sites for hydroxylation is 1. The molecule has 4 nitrogen and oxygen atoms in total. The Morgan fingerprint density at radius 1 is 1.11 bits per heavy atom. The zero-order chi connectivity index (χ0) is 20.0. The largest absolute Gasteiger partial charge is 0.354 e. The Hall–Kier alpha value is -2.69. The Kier molecular flexibility index (Phi) is 7.11. The van der Waals surface area contributed by atoms with E-state index >= 15 is 0 Å². The van der Waals surface area contributed by atoms with Crippen molar-refractivity contribution in [3.8, 4) is 0 Å². The van der Waals surface area contributed by atoms with Gasteiger partial charge in [-0.25, -0.2) is 4.39 Å². The van der Waals surface area contributed by atoms with Gasteiger partial charge in [0.25, 0.3) is 0 Å². The van der Waals surface area contributed by atoms with Gasteiger partial charge in [-0.2, -0.15) is 0 Å². The zero-order valence-electron chi connectivity index (χ0n) is 16.4. The summed E-state index contributed by atoms with van der Waals surface area (Å²) >= 11 is 0. The van der Waals surface area contributed by atoms with Crippen LogP contribution in [0.1, 0.15) is 43.4 Å². The highest BCUT2D eigenvalue weighted by Gasteiger charge is 2.19. The Bertz CT molecular complexity index is 800. The first kappa shape index (κ1) is 20.6. The third-order valence-corrected chi connectivity index (χ3v) is 4.48. The Morgan fingerprint density at radius 2 is 1.78 bits per heavy atom. The van der Waals surface area contributed by atoms with Crippen molar-refractivity contribution in [2.45, 2.75) is 40.0 Å². The first-order valence-electron chi connectivity index (χ1n) is 9.18. The van der Waals surface area contributed by atoms with Crippen LogP contribution in [-0.4, -0.2) is 24.9 Å². The molecule has 144 valence electrons. The average Bonchev–Trinajstić information content (AvgIpc) is 2.60. The van der Waals surface area contributed by atoms with E-state index in [9.17, 15) is 14.0 Å². The van der Waals surface area contributed by atoms with Crippen molar-refractivity contribution in [2.24, 2.45) is 0 Å². The van der Waals surface area contributed by atoms with Crippen LogP contribution in [0.15, 0.2) is 42.5 Å². The molecule has 0 aliphatic heterocycles. The second-order valence-corrected chi connectivity index (χ2v) is 6.99. The van der Waals surface area contributed by atoms with Crippen LogP contribution in [0.3, 0.4) is 0 Å². The number of hydrogen-bond acceptors (Lipinski definition) is 2. The van der Waals surface area contributed by atoms with Crippen LogP contribution < -0.4 is 10.2 Å². The minimum absolute atomic E-state index is 0.0565. The van der Waals surface area contributed by atoms with Gasteiger partial charge in [-0.3, -0.25) is 9.59 Å². The Labute approximate surface area is 160 Å². The molecule has 0 saturated carbocycles. The maximum absolute atomic E-state index is 12.9. The van der Waals surface area contributed by atoms with Crippen LogP contribution in [0.2, 0.25) is 0 Å². The van der Waals surface area contributed by atoms with E-state index in [0.29, 0.717) is 13.1 Å². The first-order chi connectivity index (χ1) is 12.8. The molecule has 0 unspecified atom stereocenters. The maximum atomic E-state index is 12.9.